The zero-order valence-electron chi connectivity index (χ0n) is 16.4. The third-order valence-electron chi connectivity index (χ3n) is 5.94. The van der Waals surface area contributed by atoms with E-state index in [0.29, 0.717) is 18.0 Å². The fourth-order valence-electron chi connectivity index (χ4n) is 3.42. The minimum absolute atomic E-state index is 0.226. The van der Waals surface area contributed by atoms with Gasteiger partial charge in [-0.2, -0.15) is 5.10 Å². The van der Waals surface area contributed by atoms with Gasteiger partial charge in [0.15, 0.2) is 14.0 Å². The first-order valence-corrected chi connectivity index (χ1v) is 13.4. The van der Waals surface area contributed by atoms with Crippen LogP contribution in [0.15, 0.2) is 6.33 Å². The largest absolute Gasteiger partial charge is 0.414 e. The maximum absolute atomic E-state index is 6.76. The Balaban J connectivity index is 1.88. The van der Waals surface area contributed by atoms with Crippen molar-refractivity contribution in [3.8, 4) is 0 Å². The van der Waals surface area contributed by atoms with E-state index in [-0.39, 0.29) is 5.04 Å². The molecule has 2 N–H and O–H groups in total. The molecule has 26 heavy (non-hydrogen) atoms. The van der Waals surface area contributed by atoms with Crippen molar-refractivity contribution in [2.75, 3.05) is 5.73 Å². The fourth-order valence-corrected chi connectivity index (χ4v) is 5.57. The molecule has 2 aromatic rings. The second kappa shape index (κ2) is 7.35. The summed E-state index contributed by atoms with van der Waals surface area (Å²) >= 11 is 2.23. The Morgan fingerprint density at radius 2 is 1.92 bits per heavy atom. The number of aromatic nitrogens is 4. The molecule has 2 atom stereocenters. The molecular formula is C18H30IN5OSi. The van der Waals surface area contributed by atoms with Crippen LogP contribution < -0.4 is 5.73 Å². The summed E-state index contributed by atoms with van der Waals surface area (Å²) in [6.45, 7) is 11.6. The Morgan fingerprint density at radius 3 is 2.62 bits per heavy atom. The molecule has 0 aromatic carbocycles. The first kappa shape index (κ1) is 20.0. The van der Waals surface area contributed by atoms with Crippen molar-refractivity contribution in [3.05, 3.63) is 10.0 Å². The Kier molecular flexibility index (Phi) is 5.65. The molecule has 2 unspecified atom stereocenters. The predicted octanol–water partition coefficient (Wildman–Crippen LogP) is 4.91. The van der Waals surface area contributed by atoms with E-state index in [1.54, 1.807) is 0 Å². The van der Waals surface area contributed by atoms with E-state index in [1.165, 1.54) is 19.2 Å². The Hall–Kier alpha value is -0.743. The lowest BCUT2D eigenvalue weighted by atomic mass is 10.1. The molecule has 0 spiro atoms. The van der Waals surface area contributed by atoms with Gasteiger partial charge in [0.1, 0.15) is 15.8 Å². The topological polar surface area (TPSA) is 78.9 Å². The second-order valence-corrected chi connectivity index (χ2v) is 14.6. The van der Waals surface area contributed by atoms with Crippen molar-refractivity contribution in [2.45, 2.75) is 83.2 Å². The number of anilines is 1. The minimum Gasteiger partial charge on any atom is -0.414 e. The van der Waals surface area contributed by atoms with Gasteiger partial charge in [0, 0.05) is 6.10 Å². The first-order valence-electron chi connectivity index (χ1n) is 9.42. The normalized spacial score (nSPS) is 22.5. The van der Waals surface area contributed by atoms with Gasteiger partial charge in [-0.15, -0.1) is 0 Å². The predicted molar refractivity (Wildman–Crippen MR) is 117 cm³/mol. The highest BCUT2D eigenvalue weighted by molar-refractivity contribution is 14.1. The number of hydrogen-bond acceptors (Lipinski definition) is 5. The molecule has 0 aliphatic heterocycles. The molecule has 2 heterocycles. The number of halogens is 1. The van der Waals surface area contributed by atoms with Crippen LogP contribution in [0.1, 0.15) is 58.9 Å². The van der Waals surface area contributed by atoms with Gasteiger partial charge in [0.05, 0.1) is 11.4 Å². The van der Waals surface area contributed by atoms with Gasteiger partial charge in [-0.3, -0.25) is 0 Å². The Morgan fingerprint density at radius 1 is 1.23 bits per heavy atom. The molecule has 6 nitrogen and oxygen atoms in total. The number of nitrogens with two attached hydrogens (primary N) is 1. The van der Waals surface area contributed by atoms with E-state index in [1.807, 2.05) is 0 Å². The fraction of sp³-hybridized carbons (Fsp3) is 0.722. The zero-order chi connectivity index (χ0) is 19.1. The van der Waals surface area contributed by atoms with Gasteiger partial charge in [-0.25, -0.2) is 14.6 Å². The van der Waals surface area contributed by atoms with E-state index >= 15 is 0 Å². The monoisotopic (exact) mass is 487 g/mol. The lowest BCUT2D eigenvalue weighted by molar-refractivity contribution is 0.148. The number of rotatable bonds is 3. The minimum atomic E-state index is -1.78. The summed E-state index contributed by atoms with van der Waals surface area (Å²) in [4.78, 5) is 8.60. The molecule has 3 rings (SSSR count). The van der Waals surface area contributed by atoms with Crippen LogP contribution in [0, 0.1) is 3.70 Å². The van der Waals surface area contributed by atoms with Crippen LogP contribution in [0.4, 0.5) is 5.82 Å². The van der Waals surface area contributed by atoms with Crippen LogP contribution in [0.25, 0.3) is 11.0 Å². The number of hydrogen-bond donors (Lipinski definition) is 1. The molecule has 1 fully saturated rings. The van der Waals surface area contributed by atoms with Crippen molar-refractivity contribution < 1.29 is 4.43 Å². The van der Waals surface area contributed by atoms with Gasteiger partial charge >= 0.3 is 0 Å². The molecule has 1 saturated carbocycles. The summed E-state index contributed by atoms with van der Waals surface area (Å²) in [5.74, 6) is 0.508. The quantitative estimate of drug-likeness (QED) is 0.378. The average molecular weight is 487 g/mol. The van der Waals surface area contributed by atoms with Gasteiger partial charge in [-0.05, 0) is 60.0 Å². The lowest BCUT2D eigenvalue weighted by Crippen LogP contribution is -2.44. The maximum Gasteiger partial charge on any atom is 0.192 e. The number of nitrogens with zero attached hydrogens (tertiary/aromatic N) is 4. The highest BCUT2D eigenvalue weighted by atomic mass is 127. The molecule has 0 amide bonds. The summed E-state index contributed by atoms with van der Waals surface area (Å²) in [6, 6.07) is 0.299. The molecule has 1 aliphatic rings. The maximum atomic E-state index is 6.76. The average Bonchev–Trinajstić information content (AvgIpc) is 2.72. The lowest BCUT2D eigenvalue weighted by Gasteiger charge is -2.39. The van der Waals surface area contributed by atoms with Crippen LogP contribution in [0.3, 0.4) is 0 Å². The molecule has 8 heteroatoms. The first-order chi connectivity index (χ1) is 12.1. The summed E-state index contributed by atoms with van der Waals surface area (Å²) in [7, 11) is -1.78. The highest BCUT2D eigenvalue weighted by Gasteiger charge is 2.40. The smallest absolute Gasteiger partial charge is 0.192 e. The molecule has 2 aromatic heterocycles. The van der Waals surface area contributed by atoms with E-state index in [2.05, 4.69) is 71.1 Å². The highest BCUT2D eigenvalue weighted by Crippen LogP contribution is 2.40. The van der Waals surface area contributed by atoms with Gasteiger partial charge in [0.2, 0.25) is 0 Å². The van der Waals surface area contributed by atoms with Crippen LogP contribution >= 0.6 is 22.6 Å². The summed E-state index contributed by atoms with van der Waals surface area (Å²) in [5.41, 5.74) is 6.91. The molecule has 1 aliphatic carbocycles. The zero-order valence-corrected chi connectivity index (χ0v) is 19.6. The summed E-state index contributed by atoms with van der Waals surface area (Å²) < 4.78 is 9.70. The Bertz CT molecular complexity index is 786. The van der Waals surface area contributed by atoms with E-state index in [4.69, 9.17) is 15.3 Å². The van der Waals surface area contributed by atoms with Gasteiger partial charge < -0.3 is 10.2 Å². The third-order valence-corrected chi connectivity index (χ3v) is 11.2. The molecule has 144 valence electrons. The molecule has 0 radical (unpaired) electrons. The number of fused-ring (bicyclic) bond motifs is 1. The van der Waals surface area contributed by atoms with Crippen molar-refractivity contribution in [1.29, 1.82) is 0 Å². The number of nitrogen functional groups attached to an aromatic ring is 1. The van der Waals surface area contributed by atoms with Crippen molar-refractivity contribution in [2.24, 2.45) is 0 Å². The van der Waals surface area contributed by atoms with E-state index < -0.39 is 8.32 Å². The summed E-state index contributed by atoms with van der Waals surface area (Å²) in [6.07, 6.45) is 7.46. The molecular weight excluding hydrogens is 457 g/mol. The molecule has 0 saturated heterocycles. The summed E-state index contributed by atoms with van der Waals surface area (Å²) in [5, 5.41) is 5.87. The second-order valence-electron chi connectivity index (χ2n) is 8.87. The SMILES string of the molecule is CC(C)(C)[Si](C)(C)OC1CCCCC(n2nc(I)c3c(N)ncnc32)C1. The van der Waals surface area contributed by atoms with Crippen molar-refractivity contribution in [3.63, 3.8) is 0 Å². The van der Waals surface area contributed by atoms with Crippen LogP contribution in [-0.2, 0) is 4.43 Å². The van der Waals surface area contributed by atoms with E-state index in [9.17, 15) is 0 Å². The standard InChI is InChI=1S/C18H30IN5OSi/c1-18(2,3)26(4,5)25-13-9-7-6-8-12(10-13)24-17-14(15(19)23-24)16(20)21-11-22-17/h11-13H,6-10H2,1-5H3,(H2,20,21,22). The van der Waals surface area contributed by atoms with Gasteiger partial charge in [0.25, 0.3) is 0 Å². The van der Waals surface area contributed by atoms with Crippen LogP contribution in [-0.4, -0.2) is 34.2 Å². The van der Waals surface area contributed by atoms with Crippen LogP contribution in [0.5, 0.6) is 0 Å². The Labute approximate surface area is 170 Å². The van der Waals surface area contributed by atoms with E-state index in [0.717, 1.165) is 34.0 Å². The van der Waals surface area contributed by atoms with Crippen molar-refractivity contribution in [1.82, 2.24) is 19.7 Å². The van der Waals surface area contributed by atoms with Gasteiger partial charge in [-0.1, -0.05) is 33.6 Å². The van der Waals surface area contributed by atoms with Crippen LogP contribution in [0.2, 0.25) is 18.1 Å². The third kappa shape index (κ3) is 3.91. The van der Waals surface area contributed by atoms with Crippen molar-refractivity contribution >= 4 is 47.8 Å². The molecule has 0 bridgehead atoms.